The summed E-state index contributed by atoms with van der Waals surface area (Å²) in [7, 11) is 0. The van der Waals surface area contributed by atoms with Crippen LogP contribution < -0.4 is 0 Å². The van der Waals surface area contributed by atoms with Crippen molar-refractivity contribution in [2.24, 2.45) is 17.8 Å². The third kappa shape index (κ3) is 3.72. The largest absolute Gasteiger partial charge is 0.457 e. The van der Waals surface area contributed by atoms with Crippen molar-refractivity contribution in [3.05, 3.63) is 29.0 Å². The third-order valence-corrected chi connectivity index (χ3v) is 4.35. The molecule has 3 unspecified atom stereocenters. The van der Waals surface area contributed by atoms with E-state index >= 15 is 0 Å². The molecule has 0 radical (unpaired) electrons. The molecule has 0 spiro atoms. The normalized spacial score (nSPS) is 26.6. The fourth-order valence-corrected chi connectivity index (χ4v) is 3.13. The van der Waals surface area contributed by atoms with Crippen molar-refractivity contribution in [2.75, 3.05) is 0 Å². The Morgan fingerprint density at radius 1 is 1.40 bits per heavy atom. The third-order valence-electron chi connectivity index (χ3n) is 4.14. The molecule has 0 N–H and O–H groups in total. The topological polar surface area (TPSA) is 39.2 Å². The molecule has 0 aromatic carbocycles. The molecular formula is C16H22ClNO2. The quantitative estimate of drug-likeness (QED) is 0.614. The molecule has 0 bridgehead atoms. The first-order valence-electron chi connectivity index (χ1n) is 7.31. The molecule has 1 aliphatic carbocycles. The lowest BCUT2D eigenvalue weighted by Gasteiger charge is -2.36. The molecular weight excluding hydrogens is 274 g/mol. The van der Waals surface area contributed by atoms with Gasteiger partial charge >= 0.3 is 5.97 Å². The second-order valence-electron chi connectivity index (χ2n) is 6.12. The maximum absolute atomic E-state index is 12.2. The van der Waals surface area contributed by atoms with Crippen molar-refractivity contribution in [1.29, 1.82) is 0 Å². The smallest absolute Gasteiger partial charge is 0.357 e. The van der Waals surface area contributed by atoms with E-state index in [2.05, 4.69) is 25.8 Å². The van der Waals surface area contributed by atoms with E-state index in [4.69, 9.17) is 16.3 Å². The Bertz CT molecular complexity index is 475. The van der Waals surface area contributed by atoms with Crippen LogP contribution in [0.4, 0.5) is 0 Å². The standard InChI is InChI=1S/C16H22ClNO2/c1-10(2)12-8-7-11(3)9-14(12)20-16(19)13-5-4-6-15(17)18-13/h4-6,10-12,14H,7-9H2,1-3H3. The van der Waals surface area contributed by atoms with Crippen LogP contribution in [0.1, 0.15) is 50.5 Å². The highest BCUT2D eigenvalue weighted by molar-refractivity contribution is 6.29. The minimum atomic E-state index is -0.364. The summed E-state index contributed by atoms with van der Waals surface area (Å²) in [6.07, 6.45) is 3.27. The van der Waals surface area contributed by atoms with Crippen LogP contribution in [0.2, 0.25) is 5.15 Å². The Hall–Kier alpha value is -1.09. The summed E-state index contributed by atoms with van der Waals surface area (Å²) in [5, 5.41) is 0.317. The Kier molecular flexibility index (Phi) is 5.03. The van der Waals surface area contributed by atoms with Gasteiger partial charge in [-0.1, -0.05) is 44.9 Å². The van der Waals surface area contributed by atoms with Gasteiger partial charge in [0.15, 0.2) is 0 Å². The number of aromatic nitrogens is 1. The number of carbonyl (C=O) groups excluding carboxylic acids is 1. The van der Waals surface area contributed by atoms with Crippen LogP contribution in [0.15, 0.2) is 18.2 Å². The lowest BCUT2D eigenvalue weighted by atomic mass is 9.75. The molecule has 4 heteroatoms. The predicted molar refractivity (Wildman–Crippen MR) is 79.8 cm³/mol. The SMILES string of the molecule is CC1CCC(C(C)C)C(OC(=O)c2cccc(Cl)n2)C1. The fourth-order valence-electron chi connectivity index (χ4n) is 2.97. The van der Waals surface area contributed by atoms with Gasteiger partial charge in [-0.25, -0.2) is 9.78 Å². The highest BCUT2D eigenvalue weighted by Gasteiger charge is 2.33. The first-order valence-corrected chi connectivity index (χ1v) is 7.68. The second kappa shape index (κ2) is 6.57. The van der Waals surface area contributed by atoms with Gasteiger partial charge in [-0.2, -0.15) is 0 Å². The van der Waals surface area contributed by atoms with E-state index in [1.807, 2.05) is 0 Å². The maximum Gasteiger partial charge on any atom is 0.357 e. The summed E-state index contributed by atoms with van der Waals surface area (Å²) in [6, 6.07) is 5.01. The summed E-state index contributed by atoms with van der Waals surface area (Å²) in [5.74, 6) is 1.20. The van der Waals surface area contributed by atoms with Crippen LogP contribution in [0.5, 0.6) is 0 Å². The number of hydrogen-bond donors (Lipinski definition) is 0. The summed E-state index contributed by atoms with van der Waals surface area (Å²) >= 11 is 5.82. The molecule has 1 saturated carbocycles. The Balaban J connectivity index is 2.08. The maximum atomic E-state index is 12.2. The molecule has 3 nitrogen and oxygen atoms in total. The highest BCUT2D eigenvalue weighted by Crippen LogP contribution is 2.35. The van der Waals surface area contributed by atoms with E-state index in [0.29, 0.717) is 28.6 Å². The highest BCUT2D eigenvalue weighted by atomic mass is 35.5. The number of halogens is 1. The Morgan fingerprint density at radius 2 is 2.15 bits per heavy atom. The van der Waals surface area contributed by atoms with E-state index in [1.54, 1.807) is 18.2 Å². The van der Waals surface area contributed by atoms with Gasteiger partial charge in [0.2, 0.25) is 0 Å². The molecule has 20 heavy (non-hydrogen) atoms. The number of pyridine rings is 1. The van der Waals surface area contributed by atoms with Crippen LogP contribution in [0.3, 0.4) is 0 Å². The van der Waals surface area contributed by atoms with E-state index in [9.17, 15) is 4.79 Å². The van der Waals surface area contributed by atoms with Crippen molar-refractivity contribution in [3.63, 3.8) is 0 Å². The number of carbonyl (C=O) groups is 1. The van der Waals surface area contributed by atoms with Crippen molar-refractivity contribution in [3.8, 4) is 0 Å². The molecule has 1 aromatic rings. The lowest BCUT2D eigenvalue weighted by Crippen LogP contribution is -2.36. The Morgan fingerprint density at radius 3 is 2.80 bits per heavy atom. The van der Waals surface area contributed by atoms with Crippen molar-refractivity contribution < 1.29 is 9.53 Å². The van der Waals surface area contributed by atoms with Gasteiger partial charge in [-0.15, -0.1) is 0 Å². The van der Waals surface area contributed by atoms with Gasteiger partial charge in [0.05, 0.1) is 0 Å². The minimum Gasteiger partial charge on any atom is -0.457 e. The predicted octanol–water partition coefficient (Wildman–Crippen LogP) is 4.35. The number of ether oxygens (including phenoxy) is 1. The van der Waals surface area contributed by atoms with Crippen molar-refractivity contribution in [2.45, 2.75) is 46.1 Å². The average Bonchev–Trinajstić information content (AvgIpc) is 2.38. The summed E-state index contributed by atoms with van der Waals surface area (Å²) in [6.45, 7) is 6.60. The van der Waals surface area contributed by atoms with E-state index < -0.39 is 0 Å². The van der Waals surface area contributed by atoms with Crippen molar-refractivity contribution in [1.82, 2.24) is 4.98 Å². The van der Waals surface area contributed by atoms with Crippen LogP contribution in [-0.2, 0) is 4.74 Å². The molecule has 1 aliphatic rings. The molecule has 1 heterocycles. The van der Waals surface area contributed by atoms with E-state index in [-0.39, 0.29) is 12.1 Å². The number of rotatable bonds is 3. The summed E-state index contributed by atoms with van der Waals surface area (Å²) < 4.78 is 5.72. The molecule has 0 amide bonds. The van der Waals surface area contributed by atoms with E-state index in [1.165, 1.54) is 6.42 Å². The van der Waals surface area contributed by atoms with Gasteiger partial charge in [0.25, 0.3) is 0 Å². The first kappa shape index (κ1) is 15.3. The van der Waals surface area contributed by atoms with Gasteiger partial charge in [0.1, 0.15) is 17.0 Å². The van der Waals surface area contributed by atoms with Crippen LogP contribution in [-0.4, -0.2) is 17.1 Å². The molecule has 0 aliphatic heterocycles. The monoisotopic (exact) mass is 295 g/mol. The first-order chi connectivity index (χ1) is 9.47. The summed E-state index contributed by atoms with van der Waals surface area (Å²) in [5.41, 5.74) is 0.290. The second-order valence-corrected chi connectivity index (χ2v) is 6.50. The molecule has 0 saturated heterocycles. The number of hydrogen-bond acceptors (Lipinski definition) is 3. The lowest BCUT2D eigenvalue weighted by molar-refractivity contribution is -0.0179. The zero-order valence-electron chi connectivity index (χ0n) is 12.3. The molecule has 1 aromatic heterocycles. The van der Waals surface area contributed by atoms with Gasteiger partial charge in [0, 0.05) is 0 Å². The zero-order chi connectivity index (χ0) is 14.7. The van der Waals surface area contributed by atoms with Gasteiger partial charge in [-0.05, 0) is 42.7 Å². The number of nitrogens with zero attached hydrogens (tertiary/aromatic N) is 1. The molecule has 2 rings (SSSR count). The van der Waals surface area contributed by atoms with Crippen LogP contribution in [0, 0.1) is 17.8 Å². The molecule has 3 atom stereocenters. The number of esters is 1. The summed E-state index contributed by atoms with van der Waals surface area (Å²) in [4.78, 5) is 16.2. The zero-order valence-corrected chi connectivity index (χ0v) is 13.1. The van der Waals surface area contributed by atoms with Gasteiger partial charge in [-0.3, -0.25) is 0 Å². The molecule has 110 valence electrons. The van der Waals surface area contributed by atoms with Crippen LogP contribution in [0.25, 0.3) is 0 Å². The fraction of sp³-hybridized carbons (Fsp3) is 0.625. The van der Waals surface area contributed by atoms with Crippen molar-refractivity contribution >= 4 is 17.6 Å². The minimum absolute atomic E-state index is 0.00738. The molecule has 1 fully saturated rings. The average molecular weight is 296 g/mol. The van der Waals surface area contributed by atoms with Crippen LogP contribution >= 0.6 is 11.6 Å². The van der Waals surface area contributed by atoms with E-state index in [0.717, 1.165) is 12.8 Å². The Labute approximate surface area is 125 Å². The van der Waals surface area contributed by atoms with Gasteiger partial charge < -0.3 is 4.74 Å².